The first-order valence-corrected chi connectivity index (χ1v) is 12.6. The Hall–Kier alpha value is -2.78. The van der Waals surface area contributed by atoms with Gasteiger partial charge in [0.05, 0.1) is 26.2 Å². The van der Waals surface area contributed by atoms with Crippen LogP contribution < -0.4 is 14.2 Å². The fourth-order valence-electron chi connectivity index (χ4n) is 4.50. The van der Waals surface area contributed by atoms with Crippen molar-refractivity contribution in [3.8, 4) is 17.2 Å². The molecule has 1 amide bonds. The average molecular weight is 491 g/mol. The van der Waals surface area contributed by atoms with Crippen molar-refractivity contribution in [2.24, 2.45) is 0 Å². The van der Waals surface area contributed by atoms with Crippen LogP contribution in [0.4, 0.5) is 0 Å². The van der Waals surface area contributed by atoms with Gasteiger partial charge < -0.3 is 19.1 Å². The van der Waals surface area contributed by atoms with Crippen molar-refractivity contribution in [1.29, 1.82) is 0 Å². The molecule has 0 bridgehead atoms. The van der Waals surface area contributed by atoms with Gasteiger partial charge >= 0.3 is 0 Å². The van der Waals surface area contributed by atoms with Crippen LogP contribution in [-0.4, -0.2) is 71.0 Å². The van der Waals surface area contributed by atoms with E-state index in [4.69, 9.17) is 14.2 Å². The van der Waals surface area contributed by atoms with E-state index in [1.165, 1.54) is 25.6 Å². The molecule has 0 saturated carbocycles. The monoisotopic (exact) mass is 490 g/mol. The van der Waals surface area contributed by atoms with Crippen LogP contribution in [0.2, 0.25) is 0 Å². The number of nitrogens with zero attached hydrogens (tertiary/aromatic N) is 2. The lowest BCUT2D eigenvalue weighted by atomic mass is 9.95. The van der Waals surface area contributed by atoms with E-state index >= 15 is 0 Å². The molecule has 0 aliphatic carbocycles. The predicted octanol–water partition coefficient (Wildman–Crippen LogP) is 3.40. The topological polar surface area (TPSA) is 85.4 Å². The molecular weight excluding hydrogens is 456 g/mol. The van der Waals surface area contributed by atoms with Gasteiger partial charge in [-0.3, -0.25) is 4.79 Å². The van der Waals surface area contributed by atoms with Crippen molar-refractivity contribution >= 4 is 15.9 Å². The summed E-state index contributed by atoms with van der Waals surface area (Å²) in [6, 6.07) is 3.22. The molecule has 3 rings (SSSR count). The maximum Gasteiger partial charge on any atom is 0.254 e. The second-order valence-corrected chi connectivity index (χ2v) is 10.4. The fourth-order valence-corrected chi connectivity index (χ4v) is 6.48. The van der Waals surface area contributed by atoms with E-state index in [-0.39, 0.29) is 32.1 Å². The molecule has 0 unspecified atom stereocenters. The van der Waals surface area contributed by atoms with E-state index in [9.17, 15) is 13.2 Å². The number of ether oxygens (including phenoxy) is 3. The number of sulfonamides is 1. The van der Waals surface area contributed by atoms with Gasteiger partial charge in [0.25, 0.3) is 5.91 Å². The Balaban J connectivity index is 1.84. The summed E-state index contributed by atoms with van der Waals surface area (Å²) in [5.74, 6) is 0.975. The molecule has 9 heteroatoms. The summed E-state index contributed by atoms with van der Waals surface area (Å²) in [5.41, 5.74) is 5.08. The minimum absolute atomic E-state index is 0.217. The number of rotatable bonds is 6. The lowest BCUT2D eigenvalue weighted by Gasteiger charge is -2.35. The standard InChI is InChI=1S/C25H34N2O6S/c1-15-16(2)18(4)24(19(5)17(15)3)34(29,30)27-11-9-26(10-12-27)25(28)20-13-21(31-6)23(33-8)22(14-20)32-7/h13-14H,9-12H2,1-8H3. The van der Waals surface area contributed by atoms with Crippen molar-refractivity contribution in [1.82, 2.24) is 9.21 Å². The SMILES string of the molecule is COc1cc(C(=O)N2CCN(S(=O)(=O)c3c(C)c(C)c(C)c(C)c3C)CC2)cc(OC)c1OC. The summed E-state index contributed by atoms with van der Waals surface area (Å²) in [5, 5.41) is 0. The van der Waals surface area contributed by atoms with Gasteiger partial charge in [0, 0.05) is 31.7 Å². The molecule has 0 spiro atoms. The van der Waals surface area contributed by atoms with Gasteiger partial charge in [-0.25, -0.2) is 8.42 Å². The first-order chi connectivity index (χ1) is 16.0. The zero-order valence-electron chi connectivity index (χ0n) is 21.2. The molecule has 1 aliphatic rings. The van der Waals surface area contributed by atoms with Crippen LogP contribution in [0.3, 0.4) is 0 Å². The van der Waals surface area contributed by atoms with Crippen LogP contribution in [0.1, 0.15) is 38.2 Å². The smallest absolute Gasteiger partial charge is 0.254 e. The Kier molecular flexibility index (Phi) is 7.47. The van der Waals surface area contributed by atoms with Gasteiger partial charge in [-0.15, -0.1) is 0 Å². The molecule has 2 aromatic rings. The first kappa shape index (κ1) is 25.8. The quantitative estimate of drug-likeness (QED) is 0.617. The molecule has 1 fully saturated rings. The molecular formula is C25H34N2O6S. The summed E-state index contributed by atoms with van der Waals surface area (Å²) >= 11 is 0. The van der Waals surface area contributed by atoms with Crippen molar-refractivity contribution in [2.45, 2.75) is 39.5 Å². The highest BCUT2D eigenvalue weighted by molar-refractivity contribution is 7.89. The molecule has 186 valence electrons. The zero-order chi connectivity index (χ0) is 25.4. The molecule has 34 heavy (non-hydrogen) atoms. The molecule has 0 atom stereocenters. The van der Waals surface area contributed by atoms with Crippen molar-refractivity contribution in [3.63, 3.8) is 0 Å². The van der Waals surface area contributed by atoms with Crippen LogP contribution >= 0.6 is 0 Å². The molecule has 0 radical (unpaired) electrons. The van der Waals surface area contributed by atoms with Crippen molar-refractivity contribution in [2.75, 3.05) is 47.5 Å². The van der Waals surface area contributed by atoms with E-state index in [2.05, 4.69) is 0 Å². The zero-order valence-corrected chi connectivity index (χ0v) is 22.1. The lowest BCUT2D eigenvalue weighted by Crippen LogP contribution is -2.50. The number of methoxy groups -OCH3 is 3. The first-order valence-electron chi connectivity index (χ1n) is 11.2. The highest BCUT2D eigenvalue weighted by Crippen LogP contribution is 2.38. The van der Waals surface area contributed by atoms with E-state index < -0.39 is 10.0 Å². The predicted molar refractivity (Wildman–Crippen MR) is 131 cm³/mol. The summed E-state index contributed by atoms with van der Waals surface area (Å²) < 4.78 is 44.7. The Morgan fingerprint density at radius 2 is 1.18 bits per heavy atom. The van der Waals surface area contributed by atoms with Gasteiger partial charge in [0.15, 0.2) is 11.5 Å². The van der Waals surface area contributed by atoms with Gasteiger partial charge in [0.2, 0.25) is 15.8 Å². The second kappa shape index (κ2) is 9.84. The highest BCUT2D eigenvalue weighted by atomic mass is 32.2. The number of amides is 1. The maximum atomic E-state index is 13.6. The average Bonchev–Trinajstić information content (AvgIpc) is 2.84. The number of carbonyl (C=O) groups is 1. The number of carbonyl (C=O) groups excluding carboxylic acids is 1. The third kappa shape index (κ3) is 4.34. The number of hydrogen-bond acceptors (Lipinski definition) is 6. The summed E-state index contributed by atoms with van der Waals surface area (Å²) in [7, 11) is 0.799. The van der Waals surface area contributed by atoms with Crippen LogP contribution in [0.25, 0.3) is 0 Å². The minimum Gasteiger partial charge on any atom is -0.493 e. The number of hydrogen-bond donors (Lipinski definition) is 0. The molecule has 1 heterocycles. The Bertz CT molecular complexity index is 1160. The number of piperazine rings is 1. The molecule has 0 N–H and O–H groups in total. The third-order valence-electron chi connectivity index (χ3n) is 6.97. The van der Waals surface area contributed by atoms with Crippen LogP contribution in [0, 0.1) is 34.6 Å². The van der Waals surface area contributed by atoms with E-state index in [0.717, 1.165) is 27.8 Å². The van der Waals surface area contributed by atoms with Gasteiger partial charge in [-0.05, 0) is 74.6 Å². The molecule has 1 saturated heterocycles. The normalized spacial score (nSPS) is 14.8. The molecule has 1 aliphatic heterocycles. The highest BCUT2D eigenvalue weighted by Gasteiger charge is 2.34. The molecule has 2 aromatic carbocycles. The Labute approximate surface area is 202 Å². The Morgan fingerprint density at radius 1 is 0.735 bits per heavy atom. The number of benzene rings is 2. The van der Waals surface area contributed by atoms with E-state index in [1.54, 1.807) is 17.0 Å². The second-order valence-electron chi connectivity index (χ2n) is 8.56. The van der Waals surface area contributed by atoms with Crippen molar-refractivity contribution in [3.05, 3.63) is 45.5 Å². The van der Waals surface area contributed by atoms with Crippen LogP contribution in [0.15, 0.2) is 17.0 Å². The minimum atomic E-state index is -3.69. The summed E-state index contributed by atoms with van der Waals surface area (Å²) in [6.07, 6.45) is 0. The lowest BCUT2D eigenvalue weighted by molar-refractivity contribution is 0.0697. The van der Waals surface area contributed by atoms with Gasteiger partial charge in [-0.2, -0.15) is 4.31 Å². The fraction of sp³-hybridized carbons (Fsp3) is 0.480. The third-order valence-corrected chi connectivity index (χ3v) is 9.14. The van der Waals surface area contributed by atoms with E-state index in [0.29, 0.717) is 27.7 Å². The molecule has 0 aromatic heterocycles. The maximum absolute atomic E-state index is 13.6. The van der Waals surface area contributed by atoms with Crippen molar-refractivity contribution < 1.29 is 27.4 Å². The van der Waals surface area contributed by atoms with E-state index in [1.807, 2.05) is 34.6 Å². The summed E-state index contributed by atoms with van der Waals surface area (Å²) in [4.78, 5) is 15.2. The Morgan fingerprint density at radius 3 is 1.59 bits per heavy atom. The van der Waals surface area contributed by atoms with Gasteiger partial charge in [0.1, 0.15) is 0 Å². The van der Waals surface area contributed by atoms with Crippen LogP contribution in [-0.2, 0) is 10.0 Å². The van der Waals surface area contributed by atoms with Gasteiger partial charge in [-0.1, -0.05) is 0 Å². The molecule has 8 nitrogen and oxygen atoms in total. The summed E-state index contributed by atoms with van der Waals surface area (Å²) in [6.45, 7) is 10.7. The largest absolute Gasteiger partial charge is 0.493 e. The van der Waals surface area contributed by atoms with Crippen LogP contribution in [0.5, 0.6) is 17.2 Å².